The summed E-state index contributed by atoms with van der Waals surface area (Å²) in [5, 5.41) is 0. The molecule has 0 bridgehead atoms. The molecule has 0 saturated carbocycles. The van der Waals surface area contributed by atoms with Crippen LogP contribution in [0.15, 0.2) is 30.6 Å². The summed E-state index contributed by atoms with van der Waals surface area (Å²) in [6.07, 6.45) is 3.18. The van der Waals surface area contributed by atoms with Gasteiger partial charge in [0.25, 0.3) is 0 Å². The first kappa shape index (κ1) is 16.7. The van der Waals surface area contributed by atoms with Crippen LogP contribution >= 0.6 is 0 Å². The lowest BCUT2D eigenvalue weighted by Crippen LogP contribution is -2.09. The molecule has 2 aromatic carbocycles. The average molecular weight is 337 g/mol. The zero-order valence-electron chi connectivity index (χ0n) is 14.6. The van der Waals surface area contributed by atoms with Crippen LogP contribution in [0.1, 0.15) is 21.5 Å². The molecule has 0 unspecified atom stereocenters. The average Bonchev–Trinajstić information content (AvgIpc) is 2.62. The summed E-state index contributed by atoms with van der Waals surface area (Å²) in [6, 6.07) is 5.47. The molecule has 0 aliphatic heterocycles. The maximum Gasteiger partial charge on any atom is 0.340 e. The largest absolute Gasteiger partial charge is 0.496 e. The third kappa shape index (κ3) is 2.65. The highest BCUT2D eigenvalue weighted by Crippen LogP contribution is 2.41. The number of anilines is 1. The van der Waals surface area contributed by atoms with Gasteiger partial charge < -0.3 is 15.2 Å². The molecule has 0 saturated heterocycles. The van der Waals surface area contributed by atoms with Crippen LogP contribution in [-0.2, 0) is 4.74 Å². The molecule has 0 radical (unpaired) electrons. The maximum atomic E-state index is 12.2. The van der Waals surface area contributed by atoms with Gasteiger partial charge in [0.05, 0.1) is 36.5 Å². The number of esters is 1. The van der Waals surface area contributed by atoms with Crippen molar-refractivity contribution in [2.75, 3.05) is 20.0 Å². The smallest absolute Gasteiger partial charge is 0.340 e. The molecule has 0 aliphatic rings. The molecule has 0 fully saturated rings. The molecule has 0 atom stereocenters. The molecule has 2 N–H and O–H groups in total. The molecular formula is C19H19N3O3. The van der Waals surface area contributed by atoms with Crippen molar-refractivity contribution >= 4 is 22.7 Å². The molecule has 6 heteroatoms. The second kappa shape index (κ2) is 6.39. The van der Waals surface area contributed by atoms with Crippen LogP contribution in [0, 0.1) is 13.8 Å². The van der Waals surface area contributed by atoms with Gasteiger partial charge in [-0.1, -0.05) is 6.07 Å². The van der Waals surface area contributed by atoms with Crippen LogP contribution in [0.25, 0.3) is 22.2 Å². The van der Waals surface area contributed by atoms with Gasteiger partial charge in [0.15, 0.2) is 0 Å². The zero-order valence-corrected chi connectivity index (χ0v) is 14.6. The highest BCUT2D eigenvalue weighted by atomic mass is 16.5. The van der Waals surface area contributed by atoms with E-state index < -0.39 is 5.97 Å². The number of ether oxygens (including phenoxy) is 2. The summed E-state index contributed by atoms with van der Waals surface area (Å²) in [5.74, 6) is 0.227. The molecule has 0 spiro atoms. The van der Waals surface area contributed by atoms with Crippen molar-refractivity contribution in [2.45, 2.75) is 13.8 Å². The van der Waals surface area contributed by atoms with Gasteiger partial charge in [0.2, 0.25) is 0 Å². The van der Waals surface area contributed by atoms with Gasteiger partial charge in [-0.2, -0.15) is 0 Å². The first-order valence-corrected chi connectivity index (χ1v) is 7.75. The second-order valence-electron chi connectivity index (χ2n) is 5.71. The van der Waals surface area contributed by atoms with E-state index in [1.54, 1.807) is 25.6 Å². The number of hydrogen-bond donors (Lipinski definition) is 1. The van der Waals surface area contributed by atoms with E-state index in [1.165, 1.54) is 7.11 Å². The third-order valence-corrected chi connectivity index (χ3v) is 4.30. The Kier molecular flexibility index (Phi) is 4.27. The van der Waals surface area contributed by atoms with Gasteiger partial charge in [-0.05, 0) is 42.7 Å². The van der Waals surface area contributed by atoms with Gasteiger partial charge in [-0.3, -0.25) is 9.97 Å². The maximum absolute atomic E-state index is 12.2. The van der Waals surface area contributed by atoms with Crippen molar-refractivity contribution in [3.63, 3.8) is 0 Å². The molecule has 0 aliphatic carbocycles. The second-order valence-corrected chi connectivity index (χ2v) is 5.71. The first-order chi connectivity index (χ1) is 12.0. The van der Waals surface area contributed by atoms with Crippen molar-refractivity contribution in [3.05, 3.63) is 47.3 Å². The number of carbonyl (C=O) groups is 1. The lowest BCUT2D eigenvalue weighted by molar-refractivity contribution is 0.0602. The van der Waals surface area contributed by atoms with Gasteiger partial charge in [0.1, 0.15) is 5.75 Å². The lowest BCUT2D eigenvalue weighted by atomic mass is 9.91. The van der Waals surface area contributed by atoms with E-state index in [-0.39, 0.29) is 5.56 Å². The molecule has 128 valence electrons. The number of benzene rings is 2. The molecule has 0 amide bonds. The molecule has 6 nitrogen and oxygen atoms in total. The number of aryl methyl sites for hydroxylation is 1. The van der Waals surface area contributed by atoms with Crippen LogP contribution in [0.2, 0.25) is 0 Å². The molecule has 25 heavy (non-hydrogen) atoms. The summed E-state index contributed by atoms with van der Waals surface area (Å²) in [5.41, 5.74) is 11.6. The molecule has 3 rings (SSSR count). The summed E-state index contributed by atoms with van der Waals surface area (Å²) < 4.78 is 10.3. The van der Waals surface area contributed by atoms with Crippen molar-refractivity contribution in [1.82, 2.24) is 9.97 Å². The fourth-order valence-electron chi connectivity index (χ4n) is 3.09. The summed E-state index contributed by atoms with van der Waals surface area (Å²) in [7, 11) is 2.94. The number of aromatic nitrogens is 2. The Bertz CT molecular complexity index is 983. The van der Waals surface area contributed by atoms with E-state index in [0.29, 0.717) is 22.3 Å². The number of fused-ring (bicyclic) bond motifs is 1. The Morgan fingerprint density at radius 1 is 1.08 bits per heavy atom. The Morgan fingerprint density at radius 2 is 1.80 bits per heavy atom. The van der Waals surface area contributed by atoms with E-state index in [9.17, 15) is 4.79 Å². The van der Waals surface area contributed by atoms with Crippen molar-refractivity contribution in [2.24, 2.45) is 0 Å². The normalized spacial score (nSPS) is 10.7. The Balaban J connectivity index is 2.48. The standard InChI is InChI=1S/C19H19N3O3/c1-10-5-6-14(24-3)11(2)15(10)16-17(20)12(19(23)25-4)9-13-18(16)22-8-7-21-13/h5-9H,20H2,1-4H3. The first-order valence-electron chi connectivity index (χ1n) is 7.75. The van der Waals surface area contributed by atoms with Crippen LogP contribution in [0.5, 0.6) is 5.75 Å². The van der Waals surface area contributed by atoms with Gasteiger partial charge in [-0.25, -0.2) is 4.79 Å². The number of hydrogen-bond acceptors (Lipinski definition) is 6. The third-order valence-electron chi connectivity index (χ3n) is 4.30. The summed E-state index contributed by atoms with van der Waals surface area (Å²) >= 11 is 0. The minimum Gasteiger partial charge on any atom is -0.496 e. The topological polar surface area (TPSA) is 87.3 Å². The number of carbonyl (C=O) groups excluding carboxylic acids is 1. The van der Waals surface area contributed by atoms with Gasteiger partial charge in [0, 0.05) is 18.0 Å². The summed E-state index contributed by atoms with van der Waals surface area (Å²) in [4.78, 5) is 21.0. The monoisotopic (exact) mass is 337 g/mol. The molecule has 1 aromatic heterocycles. The quantitative estimate of drug-likeness (QED) is 0.583. The van der Waals surface area contributed by atoms with Crippen molar-refractivity contribution < 1.29 is 14.3 Å². The Morgan fingerprint density at radius 3 is 2.48 bits per heavy atom. The summed E-state index contributed by atoms with van der Waals surface area (Å²) in [6.45, 7) is 3.93. The number of nitrogens with zero attached hydrogens (tertiary/aromatic N) is 2. The van der Waals surface area contributed by atoms with E-state index in [1.807, 2.05) is 26.0 Å². The fraction of sp³-hybridized carbons (Fsp3) is 0.211. The van der Waals surface area contributed by atoms with Gasteiger partial charge in [-0.15, -0.1) is 0 Å². The van der Waals surface area contributed by atoms with Crippen LogP contribution < -0.4 is 10.5 Å². The van der Waals surface area contributed by atoms with Crippen LogP contribution in [0.4, 0.5) is 5.69 Å². The SMILES string of the molecule is COC(=O)c1cc2nccnc2c(-c2c(C)ccc(OC)c2C)c1N. The predicted octanol–water partition coefficient (Wildman–Crippen LogP) is 3.29. The molecular weight excluding hydrogens is 318 g/mol. The van der Waals surface area contributed by atoms with Crippen molar-refractivity contribution in [3.8, 4) is 16.9 Å². The zero-order chi connectivity index (χ0) is 18.1. The van der Waals surface area contributed by atoms with Crippen LogP contribution in [0.3, 0.4) is 0 Å². The van der Waals surface area contributed by atoms with Crippen LogP contribution in [-0.4, -0.2) is 30.2 Å². The molecule has 3 aromatic rings. The molecule has 1 heterocycles. The lowest BCUT2D eigenvalue weighted by Gasteiger charge is -2.18. The predicted molar refractivity (Wildman–Crippen MR) is 96.8 cm³/mol. The van der Waals surface area contributed by atoms with E-state index in [0.717, 1.165) is 22.4 Å². The fourth-order valence-corrected chi connectivity index (χ4v) is 3.09. The van der Waals surface area contributed by atoms with Crippen molar-refractivity contribution in [1.29, 1.82) is 0 Å². The van der Waals surface area contributed by atoms with Gasteiger partial charge >= 0.3 is 5.97 Å². The van der Waals surface area contributed by atoms with E-state index >= 15 is 0 Å². The van der Waals surface area contributed by atoms with E-state index in [4.69, 9.17) is 15.2 Å². The van der Waals surface area contributed by atoms with E-state index in [2.05, 4.69) is 9.97 Å². The highest BCUT2D eigenvalue weighted by Gasteiger charge is 2.22. The minimum atomic E-state index is -0.510. The Hall–Kier alpha value is -3.15. The minimum absolute atomic E-state index is 0.270. The highest BCUT2D eigenvalue weighted by molar-refractivity contribution is 6.09. The Labute approximate surface area is 145 Å². The number of nitrogen functional groups attached to an aromatic ring is 1. The number of methoxy groups -OCH3 is 2. The number of rotatable bonds is 3. The number of nitrogens with two attached hydrogens (primary N) is 1.